The highest BCUT2D eigenvalue weighted by Gasteiger charge is 2.24. The molecule has 0 fully saturated rings. The van der Waals surface area contributed by atoms with Crippen LogP contribution in [0.2, 0.25) is 0 Å². The van der Waals surface area contributed by atoms with Crippen LogP contribution in [0.3, 0.4) is 0 Å². The number of carbonyl (C=O) groups excluding carboxylic acids is 1. The average molecular weight is 296 g/mol. The first kappa shape index (κ1) is 15.8. The van der Waals surface area contributed by atoms with Gasteiger partial charge in [0.25, 0.3) is 5.91 Å². The SMILES string of the molecule is CC[C@H](C)N(CC#Cc1ccccc1)C(=O)c1ocnc1C. The predicted molar refractivity (Wildman–Crippen MR) is 85.3 cm³/mol. The maximum absolute atomic E-state index is 12.6. The van der Waals surface area contributed by atoms with Crippen LogP contribution < -0.4 is 0 Å². The van der Waals surface area contributed by atoms with E-state index in [1.807, 2.05) is 44.2 Å². The van der Waals surface area contributed by atoms with Crippen molar-refractivity contribution in [2.45, 2.75) is 33.2 Å². The number of hydrogen-bond acceptors (Lipinski definition) is 3. The number of carbonyl (C=O) groups is 1. The molecule has 0 saturated heterocycles. The van der Waals surface area contributed by atoms with Gasteiger partial charge < -0.3 is 9.32 Å². The summed E-state index contributed by atoms with van der Waals surface area (Å²) in [5, 5.41) is 0. The Morgan fingerprint density at radius 2 is 2.09 bits per heavy atom. The monoisotopic (exact) mass is 296 g/mol. The molecular weight excluding hydrogens is 276 g/mol. The highest BCUT2D eigenvalue weighted by atomic mass is 16.3. The normalized spacial score (nSPS) is 11.4. The van der Waals surface area contributed by atoms with Gasteiger partial charge in [-0.15, -0.1) is 0 Å². The first-order chi connectivity index (χ1) is 10.6. The molecule has 0 aliphatic rings. The Morgan fingerprint density at radius 3 is 2.68 bits per heavy atom. The zero-order valence-electron chi connectivity index (χ0n) is 13.2. The molecule has 2 aromatic rings. The molecule has 114 valence electrons. The van der Waals surface area contributed by atoms with Gasteiger partial charge in [-0.3, -0.25) is 4.79 Å². The quantitative estimate of drug-likeness (QED) is 0.813. The van der Waals surface area contributed by atoms with E-state index in [-0.39, 0.29) is 11.9 Å². The van der Waals surface area contributed by atoms with E-state index >= 15 is 0 Å². The number of amides is 1. The summed E-state index contributed by atoms with van der Waals surface area (Å²) in [7, 11) is 0. The van der Waals surface area contributed by atoms with Crippen molar-refractivity contribution in [1.29, 1.82) is 0 Å². The van der Waals surface area contributed by atoms with E-state index in [4.69, 9.17) is 4.42 Å². The van der Waals surface area contributed by atoms with Crippen molar-refractivity contribution in [3.63, 3.8) is 0 Å². The molecular formula is C18H20N2O2. The number of nitrogens with zero attached hydrogens (tertiary/aromatic N) is 2. The number of benzene rings is 1. The van der Waals surface area contributed by atoms with Crippen molar-refractivity contribution in [3.05, 3.63) is 53.7 Å². The van der Waals surface area contributed by atoms with E-state index in [9.17, 15) is 4.79 Å². The van der Waals surface area contributed by atoms with Gasteiger partial charge in [0.15, 0.2) is 6.39 Å². The minimum absolute atomic E-state index is 0.0853. The fraction of sp³-hybridized carbons (Fsp3) is 0.333. The molecule has 1 aromatic heterocycles. The molecule has 0 unspecified atom stereocenters. The van der Waals surface area contributed by atoms with E-state index < -0.39 is 0 Å². The Hall–Kier alpha value is -2.54. The lowest BCUT2D eigenvalue weighted by molar-refractivity contribution is 0.0683. The summed E-state index contributed by atoms with van der Waals surface area (Å²) in [5.41, 5.74) is 1.55. The second-order valence-corrected chi connectivity index (χ2v) is 5.13. The third-order valence-corrected chi connectivity index (χ3v) is 3.58. The highest BCUT2D eigenvalue weighted by molar-refractivity contribution is 5.92. The minimum Gasteiger partial charge on any atom is -0.438 e. The van der Waals surface area contributed by atoms with Crippen LogP contribution in [0.5, 0.6) is 0 Å². The van der Waals surface area contributed by atoms with Crippen LogP contribution in [0.15, 0.2) is 41.1 Å². The molecule has 22 heavy (non-hydrogen) atoms. The molecule has 0 radical (unpaired) electrons. The van der Waals surface area contributed by atoms with Crippen molar-refractivity contribution in [2.24, 2.45) is 0 Å². The van der Waals surface area contributed by atoms with Crippen molar-refractivity contribution in [1.82, 2.24) is 9.88 Å². The average Bonchev–Trinajstić information content (AvgIpc) is 2.97. The molecule has 1 amide bonds. The fourth-order valence-electron chi connectivity index (χ4n) is 2.03. The number of aromatic nitrogens is 1. The van der Waals surface area contributed by atoms with Gasteiger partial charge in [-0.25, -0.2) is 4.98 Å². The maximum Gasteiger partial charge on any atom is 0.292 e. The lowest BCUT2D eigenvalue weighted by Gasteiger charge is -2.25. The highest BCUT2D eigenvalue weighted by Crippen LogP contribution is 2.13. The topological polar surface area (TPSA) is 46.3 Å². The standard InChI is InChI=1S/C18H20N2O2/c1-4-14(2)20(18(21)17-15(3)19-13-22-17)12-8-11-16-9-6-5-7-10-16/h5-7,9-10,13-14H,4,12H2,1-3H3/t14-/m0/s1. The van der Waals surface area contributed by atoms with Crippen LogP contribution in [0.1, 0.15) is 42.1 Å². The maximum atomic E-state index is 12.6. The molecule has 0 aliphatic carbocycles. The van der Waals surface area contributed by atoms with E-state index in [0.717, 1.165) is 12.0 Å². The number of aryl methyl sites for hydroxylation is 1. The van der Waals surface area contributed by atoms with Crippen molar-refractivity contribution >= 4 is 5.91 Å². The van der Waals surface area contributed by atoms with Crippen molar-refractivity contribution in [2.75, 3.05) is 6.54 Å². The lowest BCUT2D eigenvalue weighted by atomic mass is 10.2. The van der Waals surface area contributed by atoms with Crippen molar-refractivity contribution < 1.29 is 9.21 Å². The Morgan fingerprint density at radius 1 is 1.36 bits per heavy atom. The van der Waals surface area contributed by atoms with Crippen molar-refractivity contribution in [3.8, 4) is 11.8 Å². The van der Waals surface area contributed by atoms with Gasteiger partial charge in [-0.2, -0.15) is 0 Å². The first-order valence-electron chi connectivity index (χ1n) is 7.38. The molecule has 1 atom stereocenters. The third-order valence-electron chi connectivity index (χ3n) is 3.58. The van der Waals surface area contributed by atoms with E-state index in [1.165, 1.54) is 6.39 Å². The van der Waals surface area contributed by atoms with E-state index in [2.05, 4.69) is 16.8 Å². The predicted octanol–water partition coefficient (Wildman–Crippen LogP) is 3.28. The summed E-state index contributed by atoms with van der Waals surface area (Å²) in [6.07, 6.45) is 2.15. The zero-order valence-corrected chi connectivity index (χ0v) is 13.2. The molecule has 0 saturated carbocycles. The van der Waals surface area contributed by atoms with Gasteiger partial charge in [-0.1, -0.05) is 37.0 Å². The Bertz CT molecular complexity index is 680. The van der Waals surface area contributed by atoms with Crippen LogP contribution in [-0.2, 0) is 0 Å². The molecule has 0 spiro atoms. The number of hydrogen-bond donors (Lipinski definition) is 0. The minimum atomic E-state index is -0.160. The van der Waals surface area contributed by atoms with Crippen LogP contribution in [0, 0.1) is 18.8 Å². The van der Waals surface area contributed by atoms with Crippen LogP contribution >= 0.6 is 0 Å². The van der Waals surface area contributed by atoms with Crippen LogP contribution in [-0.4, -0.2) is 28.4 Å². The first-order valence-corrected chi connectivity index (χ1v) is 7.38. The number of rotatable bonds is 4. The second kappa shape index (κ2) is 7.46. The molecule has 2 rings (SSSR count). The van der Waals surface area contributed by atoms with Gasteiger partial charge >= 0.3 is 0 Å². The molecule has 4 heteroatoms. The summed E-state index contributed by atoms with van der Waals surface area (Å²) in [4.78, 5) is 18.3. The zero-order chi connectivity index (χ0) is 15.9. The molecule has 0 N–H and O–H groups in total. The number of oxazole rings is 1. The van der Waals surface area contributed by atoms with Crippen LogP contribution in [0.4, 0.5) is 0 Å². The third kappa shape index (κ3) is 3.76. The summed E-state index contributed by atoms with van der Waals surface area (Å²) < 4.78 is 5.22. The molecule has 0 bridgehead atoms. The summed E-state index contributed by atoms with van der Waals surface area (Å²) in [5.74, 6) is 6.28. The Kier molecular flexibility index (Phi) is 5.37. The van der Waals surface area contributed by atoms with Gasteiger partial charge in [-0.05, 0) is 32.4 Å². The molecule has 1 heterocycles. The largest absolute Gasteiger partial charge is 0.438 e. The Balaban J connectivity index is 2.16. The van der Waals surface area contributed by atoms with Gasteiger partial charge in [0.05, 0.1) is 12.2 Å². The second-order valence-electron chi connectivity index (χ2n) is 5.13. The molecule has 1 aromatic carbocycles. The lowest BCUT2D eigenvalue weighted by Crippen LogP contribution is -2.38. The summed E-state index contributed by atoms with van der Waals surface area (Å²) in [6, 6.07) is 9.82. The van der Waals surface area contributed by atoms with Gasteiger partial charge in [0.2, 0.25) is 5.76 Å². The molecule has 4 nitrogen and oxygen atoms in total. The fourth-order valence-corrected chi connectivity index (χ4v) is 2.03. The summed E-state index contributed by atoms with van der Waals surface area (Å²) in [6.45, 7) is 6.18. The molecule has 0 aliphatic heterocycles. The summed E-state index contributed by atoms with van der Waals surface area (Å²) >= 11 is 0. The van der Waals surface area contributed by atoms with E-state index in [1.54, 1.807) is 11.8 Å². The Labute approximate surface area is 131 Å². The van der Waals surface area contributed by atoms with E-state index in [0.29, 0.717) is 18.0 Å². The smallest absolute Gasteiger partial charge is 0.292 e. The van der Waals surface area contributed by atoms with Crippen LogP contribution in [0.25, 0.3) is 0 Å². The van der Waals surface area contributed by atoms with Gasteiger partial charge in [0, 0.05) is 11.6 Å². The van der Waals surface area contributed by atoms with Gasteiger partial charge in [0.1, 0.15) is 0 Å².